The van der Waals surface area contributed by atoms with Crippen LogP contribution in [0.15, 0.2) is 12.1 Å². The summed E-state index contributed by atoms with van der Waals surface area (Å²) in [5.74, 6) is 0.522. The molecule has 0 aromatic heterocycles. The minimum absolute atomic E-state index is 0. The Morgan fingerprint density at radius 1 is 1.19 bits per heavy atom. The summed E-state index contributed by atoms with van der Waals surface area (Å²) in [6.45, 7) is 6.59. The van der Waals surface area contributed by atoms with Crippen molar-refractivity contribution in [2.45, 2.75) is 39.7 Å². The van der Waals surface area contributed by atoms with Gasteiger partial charge in [-0.15, -0.1) is 12.4 Å². The molecule has 1 fully saturated rings. The standard InChI is InChI=1S/C19H29N3O4.ClH/c1-19(2,3)18(24)21-14-10-16(26-5)15(25-4)9-13(14)17(23)22-8-6-7-12(20)11-22;/h9-10,12H,6-8,11,20H2,1-5H3,(H,21,24);1H. The van der Waals surface area contributed by atoms with Gasteiger partial charge in [0.15, 0.2) is 11.5 Å². The molecule has 7 nitrogen and oxygen atoms in total. The second-order valence-electron chi connectivity index (χ2n) is 7.61. The topological polar surface area (TPSA) is 93.9 Å². The van der Waals surface area contributed by atoms with Crippen LogP contribution >= 0.6 is 12.4 Å². The molecule has 2 rings (SSSR count). The van der Waals surface area contributed by atoms with Crippen LogP contribution in [0.5, 0.6) is 11.5 Å². The van der Waals surface area contributed by atoms with Crippen LogP contribution in [0.25, 0.3) is 0 Å². The molecule has 1 saturated heterocycles. The van der Waals surface area contributed by atoms with E-state index in [1.807, 2.05) is 20.8 Å². The average molecular weight is 400 g/mol. The van der Waals surface area contributed by atoms with E-state index in [-0.39, 0.29) is 30.3 Å². The SMILES string of the molecule is COc1cc(NC(=O)C(C)(C)C)c(C(=O)N2CCCC(N)C2)cc1OC.Cl. The van der Waals surface area contributed by atoms with Crippen LogP contribution in [0.3, 0.4) is 0 Å². The lowest BCUT2D eigenvalue weighted by Crippen LogP contribution is -2.46. The maximum absolute atomic E-state index is 13.1. The largest absolute Gasteiger partial charge is 0.493 e. The summed E-state index contributed by atoms with van der Waals surface area (Å²) in [7, 11) is 3.02. The maximum atomic E-state index is 13.1. The minimum Gasteiger partial charge on any atom is -0.493 e. The Hall–Kier alpha value is -1.99. The molecule has 1 aliphatic rings. The minimum atomic E-state index is -0.596. The number of amides is 2. The van der Waals surface area contributed by atoms with Crippen LogP contribution < -0.4 is 20.5 Å². The molecular weight excluding hydrogens is 370 g/mol. The number of nitrogens with two attached hydrogens (primary N) is 1. The molecule has 1 aliphatic heterocycles. The summed E-state index contributed by atoms with van der Waals surface area (Å²) < 4.78 is 10.6. The molecule has 3 N–H and O–H groups in total. The van der Waals surface area contributed by atoms with Gasteiger partial charge in [0.2, 0.25) is 5.91 Å². The molecule has 1 aromatic carbocycles. The second-order valence-corrected chi connectivity index (χ2v) is 7.61. The highest BCUT2D eigenvalue weighted by Crippen LogP contribution is 2.35. The summed E-state index contributed by atoms with van der Waals surface area (Å²) in [6, 6.07) is 3.21. The van der Waals surface area contributed by atoms with Crippen molar-refractivity contribution in [1.82, 2.24) is 4.90 Å². The van der Waals surface area contributed by atoms with E-state index in [9.17, 15) is 9.59 Å². The van der Waals surface area contributed by atoms with Crippen LogP contribution in [-0.4, -0.2) is 50.1 Å². The van der Waals surface area contributed by atoms with Gasteiger partial charge in [0.1, 0.15) is 0 Å². The zero-order chi connectivity index (χ0) is 19.5. The van der Waals surface area contributed by atoms with Gasteiger partial charge in [-0.1, -0.05) is 20.8 Å². The number of rotatable bonds is 4. The molecule has 152 valence electrons. The summed E-state index contributed by atoms with van der Waals surface area (Å²) in [5.41, 5.74) is 6.19. The third-order valence-corrected chi connectivity index (χ3v) is 4.43. The number of benzene rings is 1. The van der Waals surface area contributed by atoms with Crippen molar-refractivity contribution >= 4 is 29.9 Å². The Morgan fingerprint density at radius 2 is 1.78 bits per heavy atom. The molecule has 2 amide bonds. The molecule has 0 spiro atoms. The molecular formula is C19H30ClN3O4. The molecule has 0 bridgehead atoms. The maximum Gasteiger partial charge on any atom is 0.256 e. The number of carbonyl (C=O) groups excluding carboxylic acids is 2. The van der Waals surface area contributed by atoms with Gasteiger partial charge in [0.05, 0.1) is 25.5 Å². The normalized spacial score (nSPS) is 17.0. The van der Waals surface area contributed by atoms with Crippen LogP contribution in [0.1, 0.15) is 44.0 Å². The fraction of sp³-hybridized carbons (Fsp3) is 0.579. The summed E-state index contributed by atoms with van der Waals surface area (Å²) in [5, 5.41) is 2.85. The molecule has 1 heterocycles. The molecule has 1 unspecified atom stereocenters. The number of nitrogens with one attached hydrogen (secondary N) is 1. The molecule has 8 heteroatoms. The average Bonchev–Trinajstić information content (AvgIpc) is 2.59. The van der Waals surface area contributed by atoms with Crippen LogP contribution in [0.2, 0.25) is 0 Å². The molecule has 1 aromatic rings. The first-order valence-corrected chi connectivity index (χ1v) is 8.79. The van der Waals surface area contributed by atoms with Crippen molar-refractivity contribution in [1.29, 1.82) is 0 Å². The predicted octanol–water partition coefficient (Wildman–Crippen LogP) is 2.67. The highest BCUT2D eigenvalue weighted by Gasteiger charge is 2.28. The number of hydrogen-bond donors (Lipinski definition) is 2. The number of methoxy groups -OCH3 is 2. The number of nitrogens with zero attached hydrogens (tertiary/aromatic N) is 1. The number of piperidine rings is 1. The molecule has 27 heavy (non-hydrogen) atoms. The van der Waals surface area contributed by atoms with E-state index < -0.39 is 5.41 Å². The van der Waals surface area contributed by atoms with Gasteiger partial charge >= 0.3 is 0 Å². The lowest BCUT2D eigenvalue weighted by molar-refractivity contribution is -0.123. The Kier molecular flexibility index (Phi) is 7.92. The van der Waals surface area contributed by atoms with Crippen LogP contribution in [0, 0.1) is 5.41 Å². The van der Waals surface area contributed by atoms with Crippen LogP contribution in [-0.2, 0) is 4.79 Å². The van der Waals surface area contributed by atoms with Crippen molar-refractivity contribution in [3.63, 3.8) is 0 Å². The van der Waals surface area contributed by atoms with Gasteiger partial charge in [0.25, 0.3) is 5.91 Å². The van der Waals surface area contributed by atoms with E-state index in [0.29, 0.717) is 35.8 Å². The number of ether oxygens (including phenoxy) is 2. The van der Waals surface area contributed by atoms with Crippen molar-refractivity contribution in [3.05, 3.63) is 17.7 Å². The van der Waals surface area contributed by atoms with E-state index in [1.54, 1.807) is 17.0 Å². The lowest BCUT2D eigenvalue weighted by atomic mass is 9.95. The number of likely N-dealkylation sites (tertiary alicyclic amines) is 1. The fourth-order valence-corrected chi connectivity index (χ4v) is 2.83. The van der Waals surface area contributed by atoms with Crippen molar-refractivity contribution < 1.29 is 19.1 Å². The molecule has 0 radical (unpaired) electrons. The summed E-state index contributed by atoms with van der Waals surface area (Å²) >= 11 is 0. The number of anilines is 1. The third kappa shape index (κ3) is 5.49. The Morgan fingerprint density at radius 3 is 2.30 bits per heavy atom. The third-order valence-electron chi connectivity index (χ3n) is 4.43. The molecule has 0 aliphatic carbocycles. The zero-order valence-electron chi connectivity index (χ0n) is 16.6. The first kappa shape index (κ1) is 23.0. The predicted molar refractivity (Wildman–Crippen MR) is 108 cm³/mol. The lowest BCUT2D eigenvalue weighted by Gasteiger charge is -2.31. The van der Waals surface area contributed by atoms with Gasteiger partial charge < -0.3 is 25.4 Å². The Labute approximate surface area is 167 Å². The Bertz CT molecular complexity index is 688. The Balaban J connectivity index is 0.00000364. The smallest absolute Gasteiger partial charge is 0.256 e. The van der Waals surface area contributed by atoms with Crippen molar-refractivity contribution in [3.8, 4) is 11.5 Å². The molecule has 0 saturated carbocycles. The fourth-order valence-electron chi connectivity index (χ4n) is 2.83. The highest BCUT2D eigenvalue weighted by atomic mass is 35.5. The second kappa shape index (κ2) is 9.28. The summed E-state index contributed by atoms with van der Waals surface area (Å²) in [6.07, 6.45) is 1.77. The van der Waals surface area contributed by atoms with Gasteiger partial charge in [0, 0.05) is 30.6 Å². The number of halogens is 1. The zero-order valence-corrected chi connectivity index (χ0v) is 17.4. The monoisotopic (exact) mass is 399 g/mol. The summed E-state index contributed by atoms with van der Waals surface area (Å²) in [4.78, 5) is 27.3. The molecule has 1 atom stereocenters. The van der Waals surface area contributed by atoms with Gasteiger partial charge in [-0.05, 0) is 18.9 Å². The van der Waals surface area contributed by atoms with E-state index in [0.717, 1.165) is 12.8 Å². The first-order chi connectivity index (χ1) is 12.2. The van der Waals surface area contributed by atoms with Crippen molar-refractivity contribution in [2.24, 2.45) is 11.1 Å². The van der Waals surface area contributed by atoms with E-state index >= 15 is 0 Å². The van der Waals surface area contributed by atoms with Crippen molar-refractivity contribution in [2.75, 3.05) is 32.6 Å². The van der Waals surface area contributed by atoms with Crippen LogP contribution in [0.4, 0.5) is 5.69 Å². The van der Waals surface area contributed by atoms with E-state index in [1.165, 1.54) is 14.2 Å². The van der Waals surface area contributed by atoms with E-state index in [4.69, 9.17) is 15.2 Å². The highest BCUT2D eigenvalue weighted by molar-refractivity contribution is 6.05. The first-order valence-electron chi connectivity index (χ1n) is 8.79. The quantitative estimate of drug-likeness (QED) is 0.811. The number of hydrogen-bond acceptors (Lipinski definition) is 5. The van der Waals surface area contributed by atoms with Gasteiger partial charge in [-0.2, -0.15) is 0 Å². The van der Waals surface area contributed by atoms with E-state index in [2.05, 4.69) is 5.32 Å². The van der Waals surface area contributed by atoms with Gasteiger partial charge in [-0.25, -0.2) is 0 Å². The van der Waals surface area contributed by atoms with Gasteiger partial charge in [-0.3, -0.25) is 9.59 Å². The number of carbonyl (C=O) groups is 2.